The molecule has 0 bridgehead atoms. The smallest absolute Gasteiger partial charge is 0.351 e. The second kappa shape index (κ2) is 9.62. The molecule has 2 aromatic carbocycles. The van der Waals surface area contributed by atoms with E-state index in [4.69, 9.17) is 14.2 Å². The third-order valence-corrected chi connectivity index (χ3v) is 10.4. The second-order valence-corrected chi connectivity index (χ2v) is 12.8. The average molecular weight is 603 g/mol. The quantitative estimate of drug-likeness (QED) is 0.387. The SMILES string of the molecule is CCCOC(=O)[C@]1(O)C(=O)c2cc(C)ccc2N2CCC3[C@@]21O[C@@]1(C(=O)OCCC)C(=O)c2cc(C)ccc2N2CCC[C@@]321. The monoisotopic (exact) mass is 602 g/mol. The minimum Gasteiger partial charge on any atom is -0.463 e. The van der Waals surface area contributed by atoms with E-state index in [1.807, 2.05) is 45.9 Å². The fraction of sp³-hybridized carbons (Fsp3) is 0.529. The first-order chi connectivity index (χ1) is 21.1. The van der Waals surface area contributed by atoms with Crippen molar-refractivity contribution >= 4 is 34.9 Å². The van der Waals surface area contributed by atoms with Crippen LogP contribution in [0.15, 0.2) is 36.4 Å². The average Bonchev–Trinajstić information content (AvgIpc) is 3.70. The molecular formula is C34H38N2O8. The van der Waals surface area contributed by atoms with Gasteiger partial charge in [0.1, 0.15) is 0 Å². The van der Waals surface area contributed by atoms with Crippen molar-refractivity contribution in [3.05, 3.63) is 58.7 Å². The Morgan fingerprint density at radius 2 is 1.48 bits per heavy atom. The molecule has 10 nitrogen and oxygen atoms in total. The number of carbonyl (C=O) groups is 4. The van der Waals surface area contributed by atoms with Crippen molar-refractivity contribution in [2.75, 3.05) is 36.1 Å². The highest BCUT2D eigenvalue weighted by atomic mass is 16.6. The minimum atomic E-state index is -2.87. The van der Waals surface area contributed by atoms with Crippen LogP contribution in [0.1, 0.15) is 77.8 Å². The largest absolute Gasteiger partial charge is 0.463 e. The zero-order valence-electron chi connectivity index (χ0n) is 25.6. The van der Waals surface area contributed by atoms with Crippen LogP contribution in [-0.4, -0.2) is 77.4 Å². The van der Waals surface area contributed by atoms with Gasteiger partial charge in [0.05, 0.1) is 24.4 Å². The van der Waals surface area contributed by atoms with Gasteiger partial charge in [0.15, 0.2) is 5.72 Å². The van der Waals surface area contributed by atoms with Crippen LogP contribution in [0.2, 0.25) is 0 Å². The van der Waals surface area contributed by atoms with Crippen molar-refractivity contribution < 1.29 is 38.5 Å². The zero-order chi connectivity index (χ0) is 31.2. The number of hydrogen-bond acceptors (Lipinski definition) is 10. The molecule has 232 valence electrons. The number of Topliss-reactive ketones (excluding diaryl/α,β-unsaturated/α-hetero) is 2. The van der Waals surface area contributed by atoms with Crippen LogP contribution in [0.3, 0.4) is 0 Å². The van der Waals surface area contributed by atoms with Gasteiger partial charge in [-0.3, -0.25) is 9.59 Å². The Balaban J connectivity index is 1.56. The van der Waals surface area contributed by atoms with E-state index in [0.29, 0.717) is 62.1 Å². The third-order valence-electron chi connectivity index (χ3n) is 10.4. The molecule has 1 unspecified atom stereocenters. The van der Waals surface area contributed by atoms with Gasteiger partial charge in [0, 0.05) is 35.8 Å². The van der Waals surface area contributed by atoms with Gasteiger partial charge >= 0.3 is 11.9 Å². The Labute approximate surface area is 256 Å². The Kier molecular flexibility index (Phi) is 6.33. The lowest BCUT2D eigenvalue weighted by molar-refractivity contribution is -0.212. The molecule has 2 spiro atoms. The van der Waals surface area contributed by atoms with E-state index in [1.165, 1.54) is 0 Å². The standard InChI is InChI=1S/C34H38N2O8/c1-5-16-42-29(39)32(41)27(37)22-18-20(3)9-11-25(22)36-15-12-26-31-13-7-14-35(31)24-10-8-21(4)19-23(24)28(38)33(31,44-34(26,32)36)30(40)43-17-6-2/h8-11,18-19,26,41H,5-7,12-17H2,1-4H3/t26?,31-,32+,33+,34-/m0/s1. The first-order valence-corrected chi connectivity index (χ1v) is 15.7. The first kappa shape index (κ1) is 29.0. The van der Waals surface area contributed by atoms with E-state index in [0.717, 1.165) is 11.1 Å². The predicted molar refractivity (Wildman–Crippen MR) is 160 cm³/mol. The Bertz CT molecular complexity index is 1620. The van der Waals surface area contributed by atoms with Crippen molar-refractivity contribution in [2.24, 2.45) is 5.92 Å². The van der Waals surface area contributed by atoms with E-state index in [-0.39, 0.29) is 18.8 Å². The molecule has 0 aromatic heterocycles. The second-order valence-electron chi connectivity index (χ2n) is 12.8. The third kappa shape index (κ3) is 3.13. The van der Waals surface area contributed by atoms with Gasteiger partial charge in [-0.2, -0.15) is 0 Å². The van der Waals surface area contributed by atoms with Crippen LogP contribution in [0, 0.1) is 19.8 Å². The molecule has 44 heavy (non-hydrogen) atoms. The number of aryl methyl sites for hydroxylation is 2. The molecule has 5 aliphatic rings. The van der Waals surface area contributed by atoms with Gasteiger partial charge in [-0.1, -0.05) is 37.1 Å². The highest BCUT2D eigenvalue weighted by molar-refractivity contribution is 6.24. The molecule has 0 amide bonds. The number of anilines is 2. The Morgan fingerprint density at radius 1 is 0.886 bits per heavy atom. The van der Waals surface area contributed by atoms with Gasteiger partial charge in [0.2, 0.25) is 11.6 Å². The fourth-order valence-corrected chi connectivity index (χ4v) is 8.86. The van der Waals surface area contributed by atoms with Crippen LogP contribution < -0.4 is 9.80 Å². The fourth-order valence-electron chi connectivity index (χ4n) is 8.86. The van der Waals surface area contributed by atoms with Gasteiger partial charge in [-0.15, -0.1) is 0 Å². The molecule has 3 saturated heterocycles. The molecular weight excluding hydrogens is 564 g/mol. The topological polar surface area (TPSA) is 123 Å². The normalized spacial score (nSPS) is 32.8. The van der Waals surface area contributed by atoms with Crippen LogP contribution >= 0.6 is 0 Å². The maximum Gasteiger partial charge on any atom is 0.351 e. The first-order valence-electron chi connectivity index (χ1n) is 15.7. The number of rotatable bonds is 6. The molecule has 5 atom stereocenters. The molecule has 1 N–H and O–H groups in total. The summed E-state index contributed by atoms with van der Waals surface area (Å²) in [5.74, 6) is -4.27. The van der Waals surface area contributed by atoms with Crippen molar-refractivity contribution in [1.29, 1.82) is 0 Å². The maximum atomic E-state index is 15.0. The maximum absolute atomic E-state index is 15.0. The number of nitrogens with zero attached hydrogens (tertiary/aromatic N) is 2. The van der Waals surface area contributed by atoms with Crippen LogP contribution in [-0.2, 0) is 23.8 Å². The summed E-state index contributed by atoms with van der Waals surface area (Å²) in [4.78, 5) is 62.0. The summed E-state index contributed by atoms with van der Waals surface area (Å²) in [6.45, 7) is 8.23. The summed E-state index contributed by atoms with van der Waals surface area (Å²) >= 11 is 0. The molecule has 7 rings (SSSR count). The number of ether oxygens (including phenoxy) is 3. The molecule has 3 fully saturated rings. The number of hydrogen-bond donors (Lipinski definition) is 1. The van der Waals surface area contributed by atoms with E-state index >= 15 is 0 Å². The van der Waals surface area contributed by atoms with Crippen LogP contribution in [0.4, 0.5) is 11.4 Å². The van der Waals surface area contributed by atoms with Crippen molar-refractivity contribution in [3.63, 3.8) is 0 Å². The minimum absolute atomic E-state index is 0.0273. The lowest BCUT2D eigenvalue weighted by Crippen LogP contribution is -2.75. The van der Waals surface area contributed by atoms with Gasteiger partial charge in [-0.05, 0) is 70.2 Å². The Hall–Kier alpha value is -3.76. The molecule has 0 radical (unpaired) electrons. The summed E-state index contributed by atoms with van der Waals surface area (Å²) in [5.41, 5.74) is -5.32. The summed E-state index contributed by atoms with van der Waals surface area (Å²) in [6.07, 6.45) is 2.31. The highest BCUT2D eigenvalue weighted by Gasteiger charge is 2.90. The summed E-state index contributed by atoms with van der Waals surface area (Å²) in [5, 5.41) is 12.8. The number of carbonyl (C=O) groups excluding carboxylic acids is 4. The van der Waals surface area contributed by atoms with E-state index in [9.17, 15) is 24.3 Å². The van der Waals surface area contributed by atoms with Gasteiger partial charge in [-0.25, -0.2) is 9.59 Å². The van der Waals surface area contributed by atoms with Gasteiger partial charge in [0.25, 0.3) is 11.2 Å². The number of esters is 2. The zero-order valence-corrected chi connectivity index (χ0v) is 25.6. The molecule has 5 aliphatic heterocycles. The molecule has 5 heterocycles. The number of fused-ring (bicyclic) bond motifs is 4. The molecule has 0 saturated carbocycles. The van der Waals surface area contributed by atoms with E-state index < -0.39 is 51.9 Å². The van der Waals surface area contributed by atoms with Crippen LogP contribution in [0.5, 0.6) is 0 Å². The summed E-state index contributed by atoms with van der Waals surface area (Å²) < 4.78 is 18.3. The van der Waals surface area contributed by atoms with Gasteiger partial charge < -0.3 is 29.1 Å². The molecule has 2 aromatic rings. The highest BCUT2D eigenvalue weighted by Crippen LogP contribution is 2.70. The number of benzene rings is 2. The lowest BCUT2D eigenvalue weighted by atomic mass is 9.61. The molecule has 0 aliphatic carbocycles. The lowest BCUT2D eigenvalue weighted by Gasteiger charge is -2.52. The van der Waals surface area contributed by atoms with Crippen molar-refractivity contribution in [3.8, 4) is 0 Å². The Morgan fingerprint density at radius 3 is 2.11 bits per heavy atom. The van der Waals surface area contributed by atoms with E-state index in [2.05, 4.69) is 4.90 Å². The van der Waals surface area contributed by atoms with Crippen molar-refractivity contribution in [2.45, 2.75) is 82.3 Å². The van der Waals surface area contributed by atoms with Crippen LogP contribution in [0.25, 0.3) is 0 Å². The number of ketones is 2. The number of aliphatic hydroxyl groups is 1. The summed E-state index contributed by atoms with van der Waals surface area (Å²) in [7, 11) is 0. The van der Waals surface area contributed by atoms with Crippen molar-refractivity contribution in [1.82, 2.24) is 0 Å². The summed E-state index contributed by atoms with van der Waals surface area (Å²) in [6, 6.07) is 10.8. The molecule has 10 heteroatoms. The van der Waals surface area contributed by atoms with E-state index in [1.54, 1.807) is 23.1 Å². The predicted octanol–water partition coefficient (Wildman–Crippen LogP) is 3.66.